The number of halogens is 3. The normalized spacial score (nSPS) is 10.2. The molecule has 2 rings (SSSR count). The van der Waals surface area contributed by atoms with Crippen LogP contribution in [0.15, 0.2) is 47.7 Å². The van der Waals surface area contributed by atoms with Crippen LogP contribution in [0.5, 0.6) is 17.2 Å². The van der Waals surface area contributed by atoms with E-state index in [2.05, 4.69) is 0 Å². The lowest BCUT2D eigenvalue weighted by Crippen LogP contribution is -2.14. The first kappa shape index (κ1) is 19.4. The van der Waals surface area contributed by atoms with Crippen LogP contribution < -0.4 is 9.47 Å². The second-order valence-corrected chi connectivity index (χ2v) is 6.47. The molecule has 0 amide bonds. The summed E-state index contributed by atoms with van der Waals surface area (Å²) in [5.41, 5.74) is 0.678. The zero-order valence-electron chi connectivity index (χ0n) is 13.7. The summed E-state index contributed by atoms with van der Waals surface area (Å²) in [6.45, 7) is 3.48. The molecule has 2 aromatic carbocycles. The molecule has 0 unspecified atom stereocenters. The molecule has 4 nitrogen and oxygen atoms in total. The second-order valence-electron chi connectivity index (χ2n) is 5.19. The lowest BCUT2D eigenvalue weighted by atomic mass is 10.3. The van der Waals surface area contributed by atoms with Crippen LogP contribution in [0.25, 0.3) is 0 Å². The minimum atomic E-state index is -0.656. The Bertz CT molecular complexity index is 827. The van der Waals surface area contributed by atoms with Crippen molar-refractivity contribution in [2.45, 2.75) is 13.8 Å². The van der Waals surface area contributed by atoms with E-state index in [1.807, 2.05) is 0 Å². The largest absolute Gasteiger partial charge is 0.490 e. The maximum atomic E-state index is 12.3. The molecule has 0 aliphatic carbocycles. The van der Waals surface area contributed by atoms with Crippen LogP contribution in [-0.2, 0) is 9.53 Å². The fourth-order valence-corrected chi connectivity index (χ4v) is 2.57. The Morgan fingerprint density at radius 3 is 2.04 bits per heavy atom. The highest BCUT2D eigenvalue weighted by molar-refractivity contribution is 6.35. The van der Waals surface area contributed by atoms with Crippen molar-refractivity contribution in [3.8, 4) is 17.2 Å². The lowest BCUT2D eigenvalue weighted by molar-refractivity contribution is -0.133. The molecule has 7 heteroatoms. The predicted molar refractivity (Wildman–Crippen MR) is 99.0 cm³/mol. The van der Waals surface area contributed by atoms with Gasteiger partial charge >= 0.3 is 5.97 Å². The van der Waals surface area contributed by atoms with Crippen molar-refractivity contribution in [1.82, 2.24) is 0 Å². The SMILES string of the molecule is COC(C(=O)Oc1cc(Cl)ccc1Oc1ccc(Cl)cc1Cl)=C(C)C. The molecule has 0 saturated heterocycles. The first-order valence-corrected chi connectivity index (χ1v) is 8.31. The highest BCUT2D eigenvalue weighted by Gasteiger charge is 2.18. The fourth-order valence-electron chi connectivity index (χ4n) is 1.96. The van der Waals surface area contributed by atoms with Gasteiger partial charge in [-0.1, -0.05) is 34.8 Å². The van der Waals surface area contributed by atoms with Crippen molar-refractivity contribution in [3.05, 3.63) is 62.8 Å². The van der Waals surface area contributed by atoms with Crippen molar-refractivity contribution in [3.63, 3.8) is 0 Å². The standard InChI is InChI=1S/C18H15Cl3O4/c1-10(2)17(23-3)18(22)25-16-9-12(20)5-7-15(16)24-14-6-4-11(19)8-13(14)21/h4-9H,1-3H3. The van der Waals surface area contributed by atoms with E-state index in [0.29, 0.717) is 26.4 Å². The molecule has 0 saturated carbocycles. The Labute approximate surface area is 160 Å². The third-order valence-electron chi connectivity index (χ3n) is 3.07. The van der Waals surface area contributed by atoms with E-state index < -0.39 is 5.97 Å². The van der Waals surface area contributed by atoms with E-state index in [-0.39, 0.29) is 17.3 Å². The number of carbonyl (C=O) groups excluding carboxylic acids is 1. The van der Waals surface area contributed by atoms with Gasteiger partial charge in [-0.3, -0.25) is 0 Å². The fraction of sp³-hybridized carbons (Fsp3) is 0.167. The number of ether oxygens (including phenoxy) is 3. The molecule has 0 atom stereocenters. The van der Waals surface area contributed by atoms with Gasteiger partial charge in [-0.15, -0.1) is 0 Å². The first-order chi connectivity index (χ1) is 11.8. The van der Waals surface area contributed by atoms with Crippen molar-refractivity contribution in [2.24, 2.45) is 0 Å². The van der Waals surface area contributed by atoms with Gasteiger partial charge in [0.25, 0.3) is 0 Å². The van der Waals surface area contributed by atoms with Gasteiger partial charge in [0.2, 0.25) is 5.76 Å². The molecule has 0 fully saturated rings. The van der Waals surface area contributed by atoms with Gasteiger partial charge in [-0.05, 0) is 49.8 Å². The molecule has 0 heterocycles. The Kier molecular flexibility index (Phi) is 6.59. The Morgan fingerprint density at radius 2 is 1.48 bits per heavy atom. The van der Waals surface area contributed by atoms with E-state index in [9.17, 15) is 4.79 Å². The summed E-state index contributed by atoms with van der Waals surface area (Å²) in [6.07, 6.45) is 0. The Balaban J connectivity index is 2.34. The van der Waals surface area contributed by atoms with Gasteiger partial charge in [-0.25, -0.2) is 4.79 Å². The molecule has 25 heavy (non-hydrogen) atoms. The van der Waals surface area contributed by atoms with Crippen LogP contribution in [0.3, 0.4) is 0 Å². The van der Waals surface area contributed by atoms with E-state index in [1.54, 1.807) is 44.2 Å². The van der Waals surface area contributed by atoms with Gasteiger partial charge in [0, 0.05) is 16.1 Å². The van der Waals surface area contributed by atoms with Gasteiger partial charge in [0.15, 0.2) is 11.5 Å². The van der Waals surface area contributed by atoms with Crippen molar-refractivity contribution >= 4 is 40.8 Å². The topological polar surface area (TPSA) is 44.8 Å². The molecule has 2 aromatic rings. The zero-order chi connectivity index (χ0) is 18.6. The Morgan fingerprint density at radius 1 is 0.880 bits per heavy atom. The molecule has 0 aliphatic rings. The number of hydrogen-bond acceptors (Lipinski definition) is 4. The average molecular weight is 402 g/mol. The Hall–Kier alpha value is -1.88. The number of esters is 1. The monoisotopic (exact) mass is 400 g/mol. The van der Waals surface area contributed by atoms with Gasteiger partial charge in [0.1, 0.15) is 5.75 Å². The third kappa shape index (κ3) is 5.05. The summed E-state index contributed by atoms with van der Waals surface area (Å²) >= 11 is 18.0. The maximum absolute atomic E-state index is 12.3. The van der Waals surface area contributed by atoms with Crippen LogP contribution in [0.4, 0.5) is 0 Å². The molecule has 0 radical (unpaired) electrons. The number of rotatable bonds is 5. The van der Waals surface area contributed by atoms with E-state index in [1.165, 1.54) is 13.2 Å². The minimum Gasteiger partial charge on any atom is -0.490 e. The summed E-state index contributed by atoms with van der Waals surface area (Å²) in [5, 5.41) is 1.18. The predicted octanol–water partition coefficient (Wildman–Crippen LogP) is 6.28. The number of allylic oxidation sites excluding steroid dienone is 1. The average Bonchev–Trinajstić information content (AvgIpc) is 2.52. The van der Waals surface area contributed by atoms with E-state index in [0.717, 1.165) is 0 Å². The molecule has 0 spiro atoms. The quantitative estimate of drug-likeness (QED) is 0.256. The molecular weight excluding hydrogens is 387 g/mol. The van der Waals surface area contributed by atoms with Gasteiger partial charge in [-0.2, -0.15) is 0 Å². The highest BCUT2D eigenvalue weighted by atomic mass is 35.5. The lowest BCUT2D eigenvalue weighted by Gasteiger charge is -2.14. The van der Waals surface area contributed by atoms with Crippen LogP contribution in [0.2, 0.25) is 15.1 Å². The smallest absolute Gasteiger partial charge is 0.379 e. The van der Waals surface area contributed by atoms with Crippen molar-refractivity contribution in [2.75, 3.05) is 7.11 Å². The number of carbonyl (C=O) groups is 1. The minimum absolute atomic E-state index is 0.107. The number of methoxy groups -OCH3 is 1. The third-order valence-corrected chi connectivity index (χ3v) is 3.83. The van der Waals surface area contributed by atoms with Crippen LogP contribution in [0.1, 0.15) is 13.8 Å². The molecule has 0 bridgehead atoms. The van der Waals surface area contributed by atoms with Crippen LogP contribution in [0, 0.1) is 0 Å². The van der Waals surface area contributed by atoms with Gasteiger partial charge in [0.05, 0.1) is 12.1 Å². The molecular formula is C18H15Cl3O4. The maximum Gasteiger partial charge on any atom is 0.379 e. The summed E-state index contributed by atoms with van der Waals surface area (Å²) in [7, 11) is 1.40. The summed E-state index contributed by atoms with van der Waals surface area (Å²) in [4.78, 5) is 12.3. The highest BCUT2D eigenvalue weighted by Crippen LogP contribution is 2.38. The molecule has 132 valence electrons. The second kappa shape index (κ2) is 8.48. The van der Waals surface area contributed by atoms with Crippen molar-refractivity contribution < 1.29 is 19.0 Å². The van der Waals surface area contributed by atoms with E-state index in [4.69, 9.17) is 49.0 Å². The summed E-state index contributed by atoms with van der Waals surface area (Å²) in [6, 6.07) is 9.45. The first-order valence-electron chi connectivity index (χ1n) is 7.18. The van der Waals surface area contributed by atoms with Crippen molar-refractivity contribution in [1.29, 1.82) is 0 Å². The van der Waals surface area contributed by atoms with Crippen LogP contribution >= 0.6 is 34.8 Å². The summed E-state index contributed by atoms with van der Waals surface area (Å²) in [5.74, 6) is 0.220. The molecule has 0 aliphatic heterocycles. The number of hydrogen-bond donors (Lipinski definition) is 0. The van der Waals surface area contributed by atoms with Gasteiger partial charge < -0.3 is 14.2 Å². The number of benzene rings is 2. The van der Waals surface area contributed by atoms with E-state index >= 15 is 0 Å². The summed E-state index contributed by atoms with van der Waals surface area (Å²) < 4.78 is 16.2. The van der Waals surface area contributed by atoms with Crippen LogP contribution in [-0.4, -0.2) is 13.1 Å². The molecule has 0 N–H and O–H groups in total. The molecule has 0 aromatic heterocycles. The zero-order valence-corrected chi connectivity index (χ0v) is 16.0.